The summed E-state index contributed by atoms with van der Waals surface area (Å²) < 4.78 is 5.28. The van der Waals surface area contributed by atoms with Crippen molar-refractivity contribution in [3.05, 3.63) is 73.6 Å². The lowest BCUT2D eigenvalue weighted by atomic mass is 10.0. The van der Waals surface area contributed by atoms with Crippen LogP contribution in [-0.2, 0) is 0 Å². The molecule has 172 valence electrons. The highest BCUT2D eigenvalue weighted by Crippen LogP contribution is 2.36. The van der Waals surface area contributed by atoms with E-state index >= 15 is 0 Å². The van der Waals surface area contributed by atoms with Crippen molar-refractivity contribution in [2.24, 2.45) is 5.92 Å². The van der Waals surface area contributed by atoms with E-state index in [9.17, 15) is 0 Å². The highest BCUT2D eigenvalue weighted by Gasteiger charge is 2.27. The number of hydrogen-bond acceptors (Lipinski definition) is 5. The summed E-state index contributed by atoms with van der Waals surface area (Å²) in [5, 5.41) is 13.5. The molecule has 7 rings (SSSR count). The Morgan fingerprint density at radius 2 is 1.86 bits per heavy atom. The number of furan rings is 1. The molecule has 0 spiro atoms. The van der Waals surface area contributed by atoms with E-state index in [1.165, 1.54) is 12.8 Å². The van der Waals surface area contributed by atoms with Crippen molar-refractivity contribution in [3.8, 4) is 33.8 Å². The zero-order chi connectivity index (χ0) is 23.4. The van der Waals surface area contributed by atoms with Gasteiger partial charge in [-0.1, -0.05) is 6.07 Å². The molecule has 0 saturated heterocycles. The Morgan fingerprint density at radius 1 is 0.943 bits per heavy atom. The van der Waals surface area contributed by atoms with Crippen LogP contribution >= 0.6 is 0 Å². The van der Waals surface area contributed by atoms with Gasteiger partial charge in [0.2, 0.25) is 0 Å². The highest BCUT2D eigenvalue weighted by atomic mass is 16.3. The third-order valence-corrected chi connectivity index (χ3v) is 6.96. The molecule has 5 aromatic heterocycles. The van der Waals surface area contributed by atoms with Crippen LogP contribution < -0.4 is 5.32 Å². The molecule has 0 aliphatic heterocycles. The first-order valence-corrected chi connectivity index (χ1v) is 11.9. The molecule has 1 unspecified atom stereocenters. The SMILES string of the molecule is CC(Nc1cncc(-c2ccc3[nH]nc(-c4cc5c(-c6ccoc6)nccc5[nH]4)c3c2)c1)C1CC1. The minimum Gasteiger partial charge on any atom is -0.472 e. The van der Waals surface area contributed by atoms with Crippen LogP contribution in [0.15, 0.2) is 78.0 Å². The van der Waals surface area contributed by atoms with E-state index in [-0.39, 0.29) is 0 Å². The van der Waals surface area contributed by atoms with Crippen molar-refractivity contribution in [2.75, 3.05) is 5.32 Å². The highest BCUT2D eigenvalue weighted by molar-refractivity contribution is 6.00. The van der Waals surface area contributed by atoms with E-state index in [4.69, 9.17) is 4.42 Å². The van der Waals surface area contributed by atoms with Gasteiger partial charge in [0.05, 0.1) is 35.1 Å². The van der Waals surface area contributed by atoms with Gasteiger partial charge in [0.15, 0.2) is 0 Å². The van der Waals surface area contributed by atoms with Crippen LogP contribution in [0.5, 0.6) is 0 Å². The van der Waals surface area contributed by atoms with Crippen LogP contribution in [0.4, 0.5) is 5.69 Å². The Kier molecular flexibility index (Phi) is 4.48. The van der Waals surface area contributed by atoms with Crippen LogP contribution in [0.1, 0.15) is 19.8 Å². The number of rotatable bonds is 6. The average Bonchev–Trinajstić information content (AvgIpc) is 3.26. The predicted octanol–water partition coefficient (Wildman–Crippen LogP) is 6.64. The Hall–Kier alpha value is -4.39. The van der Waals surface area contributed by atoms with Gasteiger partial charge in [-0.05, 0) is 67.6 Å². The first-order valence-electron chi connectivity index (χ1n) is 11.9. The zero-order valence-corrected chi connectivity index (χ0v) is 19.2. The lowest BCUT2D eigenvalue weighted by Crippen LogP contribution is -2.17. The molecule has 1 atom stereocenters. The molecule has 0 bridgehead atoms. The van der Waals surface area contributed by atoms with E-state index in [1.54, 1.807) is 12.5 Å². The van der Waals surface area contributed by atoms with Crippen molar-refractivity contribution in [1.29, 1.82) is 0 Å². The number of hydrogen-bond donors (Lipinski definition) is 3. The molecule has 1 aliphatic rings. The van der Waals surface area contributed by atoms with Crippen LogP contribution in [0.3, 0.4) is 0 Å². The second-order valence-electron chi connectivity index (χ2n) is 9.38. The van der Waals surface area contributed by atoms with Gasteiger partial charge < -0.3 is 14.7 Å². The predicted molar refractivity (Wildman–Crippen MR) is 138 cm³/mol. The molecular formula is C28H24N6O. The van der Waals surface area contributed by atoms with Crippen LogP contribution in [0.2, 0.25) is 0 Å². The average molecular weight is 461 g/mol. The summed E-state index contributed by atoms with van der Waals surface area (Å²) in [4.78, 5) is 12.6. The fourth-order valence-corrected chi connectivity index (χ4v) is 4.86. The van der Waals surface area contributed by atoms with Crippen LogP contribution in [0.25, 0.3) is 55.6 Å². The molecule has 1 aromatic carbocycles. The van der Waals surface area contributed by atoms with Gasteiger partial charge in [-0.15, -0.1) is 0 Å². The molecule has 7 nitrogen and oxygen atoms in total. The Morgan fingerprint density at radius 3 is 2.71 bits per heavy atom. The number of pyridine rings is 2. The quantitative estimate of drug-likeness (QED) is 0.259. The van der Waals surface area contributed by atoms with E-state index in [0.29, 0.717) is 6.04 Å². The fourth-order valence-electron chi connectivity index (χ4n) is 4.86. The Balaban J connectivity index is 1.28. The van der Waals surface area contributed by atoms with Crippen molar-refractivity contribution in [1.82, 2.24) is 25.1 Å². The number of aromatic amines is 2. The molecule has 5 heterocycles. The number of nitrogens with zero attached hydrogens (tertiary/aromatic N) is 3. The smallest absolute Gasteiger partial charge is 0.116 e. The number of benzene rings is 1. The van der Waals surface area contributed by atoms with Gasteiger partial charge >= 0.3 is 0 Å². The van der Waals surface area contributed by atoms with Crippen molar-refractivity contribution in [3.63, 3.8) is 0 Å². The summed E-state index contributed by atoms with van der Waals surface area (Å²) >= 11 is 0. The normalized spacial score (nSPS) is 14.5. The topological polar surface area (TPSA) is 95.4 Å². The number of fused-ring (bicyclic) bond motifs is 2. The van der Waals surface area contributed by atoms with Gasteiger partial charge in [0.25, 0.3) is 0 Å². The summed E-state index contributed by atoms with van der Waals surface area (Å²) in [6, 6.07) is 15.0. The summed E-state index contributed by atoms with van der Waals surface area (Å²) in [6.07, 6.45) is 11.6. The van der Waals surface area contributed by atoms with E-state index in [2.05, 4.69) is 67.7 Å². The maximum absolute atomic E-state index is 5.28. The minimum atomic E-state index is 0.471. The molecule has 1 fully saturated rings. The second kappa shape index (κ2) is 7.84. The molecule has 7 heteroatoms. The Bertz CT molecular complexity index is 1660. The van der Waals surface area contributed by atoms with Gasteiger partial charge in [0.1, 0.15) is 5.69 Å². The number of H-pyrrole nitrogens is 2. The first-order chi connectivity index (χ1) is 17.2. The van der Waals surface area contributed by atoms with E-state index in [1.807, 2.05) is 30.7 Å². The first kappa shape index (κ1) is 20.0. The molecule has 0 amide bonds. The lowest BCUT2D eigenvalue weighted by molar-refractivity contribution is 0.568. The van der Waals surface area contributed by atoms with Crippen LogP contribution in [-0.4, -0.2) is 31.2 Å². The second-order valence-corrected chi connectivity index (χ2v) is 9.38. The largest absolute Gasteiger partial charge is 0.472 e. The van der Waals surface area contributed by atoms with Crippen molar-refractivity contribution >= 4 is 27.5 Å². The van der Waals surface area contributed by atoms with Gasteiger partial charge in [-0.3, -0.25) is 15.1 Å². The fraction of sp³-hybridized carbons (Fsp3) is 0.179. The van der Waals surface area contributed by atoms with E-state index in [0.717, 1.165) is 67.2 Å². The van der Waals surface area contributed by atoms with E-state index < -0.39 is 0 Å². The van der Waals surface area contributed by atoms with Crippen molar-refractivity contribution in [2.45, 2.75) is 25.8 Å². The third kappa shape index (κ3) is 3.56. The maximum atomic E-state index is 5.28. The molecule has 35 heavy (non-hydrogen) atoms. The monoisotopic (exact) mass is 460 g/mol. The van der Waals surface area contributed by atoms with Gasteiger partial charge in [-0.2, -0.15) is 5.10 Å². The maximum Gasteiger partial charge on any atom is 0.116 e. The van der Waals surface area contributed by atoms with Gasteiger partial charge in [0, 0.05) is 52.0 Å². The molecule has 1 saturated carbocycles. The number of nitrogens with one attached hydrogen (secondary N) is 3. The number of anilines is 1. The number of aromatic nitrogens is 5. The van der Waals surface area contributed by atoms with Crippen molar-refractivity contribution < 1.29 is 4.42 Å². The standard InChI is InChI=1S/C28H24N6O/c1-16(17-2-3-17)31-21-10-20(13-29-14-21)18-4-5-25-22(11-18)28(34-33-25)26-12-23-24(32-26)6-8-30-27(23)19-7-9-35-15-19/h4-17,31-32H,2-3H2,1H3,(H,33,34). The molecular weight excluding hydrogens is 436 g/mol. The minimum absolute atomic E-state index is 0.471. The summed E-state index contributed by atoms with van der Waals surface area (Å²) in [5.74, 6) is 0.782. The summed E-state index contributed by atoms with van der Waals surface area (Å²) in [5.41, 5.74) is 8.88. The van der Waals surface area contributed by atoms with Crippen LogP contribution in [0, 0.1) is 5.92 Å². The molecule has 0 radical (unpaired) electrons. The zero-order valence-electron chi connectivity index (χ0n) is 19.2. The van der Waals surface area contributed by atoms with Gasteiger partial charge in [-0.25, -0.2) is 0 Å². The third-order valence-electron chi connectivity index (χ3n) is 6.96. The molecule has 3 N–H and O–H groups in total. The molecule has 6 aromatic rings. The molecule has 1 aliphatic carbocycles. The lowest BCUT2D eigenvalue weighted by Gasteiger charge is -2.14. The summed E-state index contributed by atoms with van der Waals surface area (Å²) in [6.45, 7) is 2.25. The summed E-state index contributed by atoms with van der Waals surface area (Å²) in [7, 11) is 0. The Labute approximate surface area is 201 Å².